The van der Waals surface area contributed by atoms with Gasteiger partial charge in [0.25, 0.3) is 0 Å². The molecule has 112 valence electrons. The van der Waals surface area contributed by atoms with Crippen LogP contribution < -0.4 is 5.32 Å². The van der Waals surface area contributed by atoms with Gasteiger partial charge >= 0.3 is 0 Å². The number of pyridine rings is 1. The van der Waals surface area contributed by atoms with E-state index in [-0.39, 0.29) is 11.0 Å². The maximum Gasteiger partial charge on any atom is 0.244 e. The largest absolute Gasteiger partial charge is 0.375 e. The van der Waals surface area contributed by atoms with Crippen LogP contribution >= 0.6 is 0 Å². The van der Waals surface area contributed by atoms with Gasteiger partial charge in [-0.3, -0.25) is 0 Å². The number of aromatic nitrogens is 1. The summed E-state index contributed by atoms with van der Waals surface area (Å²) in [5.41, 5.74) is 0. The number of hydrogen-bond acceptors (Lipinski definition) is 5. The van der Waals surface area contributed by atoms with Crippen LogP contribution in [0.4, 0.5) is 5.82 Å². The van der Waals surface area contributed by atoms with Gasteiger partial charge in [0, 0.05) is 25.8 Å². The summed E-state index contributed by atoms with van der Waals surface area (Å²) in [5, 5.41) is 3.04. The van der Waals surface area contributed by atoms with Gasteiger partial charge in [0.05, 0.1) is 12.7 Å². The molecule has 1 aromatic heterocycles. The standard InChI is InChI=1S/C13H21N3O3S/c1-3-11-10-16(7-8-19-11)20(17,18)12-5-6-13(14-4-2)15-9-12/h5-6,9,11H,3-4,7-8,10H2,1-2H3,(H,14,15). The fourth-order valence-corrected chi connectivity index (χ4v) is 3.53. The molecule has 0 amide bonds. The Morgan fingerprint density at radius 1 is 1.45 bits per heavy atom. The van der Waals surface area contributed by atoms with Gasteiger partial charge in [0.1, 0.15) is 10.7 Å². The summed E-state index contributed by atoms with van der Waals surface area (Å²) in [6.45, 7) is 5.96. The van der Waals surface area contributed by atoms with Crippen LogP contribution in [0, 0.1) is 0 Å². The highest BCUT2D eigenvalue weighted by atomic mass is 32.2. The van der Waals surface area contributed by atoms with Crippen molar-refractivity contribution in [2.45, 2.75) is 31.3 Å². The van der Waals surface area contributed by atoms with Gasteiger partial charge in [-0.1, -0.05) is 6.92 Å². The topological polar surface area (TPSA) is 71.5 Å². The maximum absolute atomic E-state index is 12.5. The van der Waals surface area contributed by atoms with Crippen molar-refractivity contribution in [3.63, 3.8) is 0 Å². The quantitative estimate of drug-likeness (QED) is 0.887. The van der Waals surface area contributed by atoms with E-state index in [1.165, 1.54) is 10.5 Å². The Balaban J connectivity index is 2.16. The molecule has 1 aromatic rings. The van der Waals surface area contributed by atoms with Crippen molar-refractivity contribution < 1.29 is 13.2 Å². The van der Waals surface area contributed by atoms with Gasteiger partial charge in [0.2, 0.25) is 10.0 Å². The van der Waals surface area contributed by atoms with E-state index < -0.39 is 10.0 Å². The molecule has 2 rings (SSSR count). The van der Waals surface area contributed by atoms with E-state index in [4.69, 9.17) is 4.74 Å². The predicted molar refractivity (Wildman–Crippen MR) is 77.2 cm³/mol. The molecule has 1 fully saturated rings. The molecular weight excluding hydrogens is 278 g/mol. The summed E-state index contributed by atoms with van der Waals surface area (Å²) in [7, 11) is -3.47. The zero-order chi connectivity index (χ0) is 14.6. The first-order valence-corrected chi connectivity index (χ1v) is 8.33. The van der Waals surface area contributed by atoms with Crippen LogP contribution in [-0.4, -0.2) is 50.1 Å². The molecule has 0 radical (unpaired) electrons. The molecular formula is C13H21N3O3S. The van der Waals surface area contributed by atoms with Gasteiger partial charge < -0.3 is 10.1 Å². The minimum absolute atomic E-state index is 0.0208. The lowest BCUT2D eigenvalue weighted by Crippen LogP contribution is -2.45. The third kappa shape index (κ3) is 3.28. The van der Waals surface area contributed by atoms with Crippen LogP contribution in [0.1, 0.15) is 20.3 Å². The lowest BCUT2D eigenvalue weighted by atomic mass is 10.2. The lowest BCUT2D eigenvalue weighted by molar-refractivity contribution is -0.00278. The van der Waals surface area contributed by atoms with Crippen LogP contribution in [-0.2, 0) is 14.8 Å². The molecule has 0 saturated carbocycles. The normalized spacial score (nSPS) is 20.8. The first-order chi connectivity index (χ1) is 9.57. The molecule has 1 aliphatic rings. The molecule has 1 saturated heterocycles. The van der Waals surface area contributed by atoms with E-state index in [9.17, 15) is 8.42 Å². The van der Waals surface area contributed by atoms with Crippen LogP contribution in [0.2, 0.25) is 0 Å². The molecule has 1 unspecified atom stereocenters. The van der Waals surface area contributed by atoms with Crippen molar-refractivity contribution in [2.75, 3.05) is 31.6 Å². The van der Waals surface area contributed by atoms with Crippen LogP contribution in [0.15, 0.2) is 23.2 Å². The minimum atomic E-state index is -3.47. The summed E-state index contributed by atoms with van der Waals surface area (Å²) in [6, 6.07) is 3.28. The third-order valence-electron chi connectivity index (χ3n) is 3.29. The lowest BCUT2D eigenvalue weighted by Gasteiger charge is -2.31. The fourth-order valence-electron chi connectivity index (χ4n) is 2.13. The Bertz CT molecular complexity index is 530. The number of nitrogens with zero attached hydrogens (tertiary/aromatic N) is 2. The summed E-state index contributed by atoms with van der Waals surface area (Å²) in [6.07, 6.45) is 2.19. The van der Waals surface area contributed by atoms with Gasteiger partial charge in [-0.05, 0) is 25.5 Å². The summed E-state index contributed by atoms with van der Waals surface area (Å²) in [5.74, 6) is 0.680. The van der Waals surface area contributed by atoms with Crippen molar-refractivity contribution in [2.24, 2.45) is 0 Å². The summed E-state index contributed by atoms with van der Waals surface area (Å²) < 4.78 is 32.0. The second-order valence-electron chi connectivity index (χ2n) is 4.67. The molecule has 7 heteroatoms. The number of ether oxygens (including phenoxy) is 1. The van der Waals surface area contributed by atoms with Crippen LogP contribution in [0.5, 0.6) is 0 Å². The third-order valence-corrected chi connectivity index (χ3v) is 5.14. The minimum Gasteiger partial charge on any atom is -0.375 e. The van der Waals surface area contributed by atoms with E-state index in [1.54, 1.807) is 12.1 Å². The fraction of sp³-hybridized carbons (Fsp3) is 0.615. The molecule has 6 nitrogen and oxygen atoms in total. The molecule has 20 heavy (non-hydrogen) atoms. The van der Waals surface area contributed by atoms with Crippen LogP contribution in [0.3, 0.4) is 0 Å². The summed E-state index contributed by atoms with van der Waals surface area (Å²) >= 11 is 0. The van der Waals surface area contributed by atoms with E-state index in [0.717, 1.165) is 13.0 Å². The Kier molecular flexibility index (Phi) is 4.95. The number of nitrogens with one attached hydrogen (secondary N) is 1. The Morgan fingerprint density at radius 2 is 2.25 bits per heavy atom. The van der Waals surface area contributed by atoms with Crippen LogP contribution in [0.25, 0.3) is 0 Å². The number of morpholine rings is 1. The number of sulfonamides is 1. The zero-order valence-corrected chi connectivity index (χ0v) is 12.7. The highest BCUT2D eigenvalue weighted by Gasteiger charge is 2.30. The van der Waals surface area contributed by atoms with E-state index >= 15 is 0 Å². The second-order valence-corrected chi connectivity index (χ2v) is 6.61. The Labute approximate surface area is 120 Å². The molecule has 2 heterocycles. The monoisotopic (exact) mass is 299 g/mol. The second kappa shape index (κ2) is 6.51. The number of rotatable bonds is 5. The zero-order valence-electron chi connectivity index (χ0n) is 11.9. The van der Waals surface area contributed by atoms with Crippen molar-refractivity contribution >= 4 is 15.8 Å². The molecule has 1 N–H and O–H groups in total. The smallest absolute Gasteiger partial charge is 0.244 e. The summed E-state index contributed by atoms with van der Waals surface area (Å²) in [4.78, 5) is 4.35. The SMILES string of the molecule is CCNc1ccc(S(=O)(=O)N2CCOC(CC)C2)cn1. The molecule has 0 aromatic carbocycles. The Morgan fingerprint density at radius 3 is 2.85 bits per heavy atom. The van der Waals surface area contributed by atoms with Crippen molar-refractivity contribution in [3.8, 4) is 0 Å². The average Bonchev–Trinajstić information content (AvgIpc) is 2.48. The van der Waals surface area contributed by atoms with E-state index in [0.29, 0.717) is 25.5 Å². The first-order valence-electron chi connectivity index (χ1n) is 6.89. The van der Waals surface area contributed by atoms with E-state index in [2.05, 4.69) is 10.3 Å². The van der Waals surface area contributed by atoms with Gasteiger partial charge in [0.15, 0.2) is 0 Å². The van der Waals surface area contributed by atoms with Crippen molar-refractivity contribution in [1.29, 1.82) is 0 Å². The Hall–Kier alpha value is -1.18. The van der Waals surface area contributed by atoms with Gasteiger partial charge in [-0.15, -0.1) is 0 Å². The maximum atomic E-state index is 12.5. The number of anilines is 1. The molecule has 0 bridgehead atoms. The molecule has 1 atom stereocenters. The van der Waals surface area contributed by atoms with Crippen molar-refractivity contribution in [3.05, 3.63) is 18.3 Å². The predicted octanol–water partition coefficient (Wildman–Crippen LogP) is 1.31. The molecule has 0 aliphatic carbocycles. The van der Waals surface area contributed by atoms with Crippen molar-refractivity contribution in [1.82, 2.24) is 9.29 Å². The van der Waals surface area contributed by atoms with Gasteiger partial charge in [-0.25, -0.2) is 13.4 Å². The number of hydrogen-bond donors (Lipinski definition) is 1. The van der Waals surface area contributed by atoms with Gasteiger partial charge in [-0.2, -0.15) is 4.31 Å². The average molecular weight is 299 g/mol. The highest BCUT2D eigenvalue weighted by Crippen LogP contribution is 2.20. The highest BCUT2D eigenvalue weighted by molar-refractivity contribution is 7.89. The van der Waals surface area contributed by atoms with E-state index in [1.807, 2.05) is 13.8 Å². The molecule has 0 spiro atoms. The molecule has 1 aliphatic heterocycles. The first kappa shape index (κ1) is 15.2.